The van der Waals surface area contributed by atoms with E-state index in [4.69, 9.17) is 9.63 Å². The van der Waals surface area contributed by atoms with Crippen LogP contribution in [-0.2, 0) is 0 Å². The van der Waals surface area contributed by atoms with Gasteiger partial charge in [-0.3, -0.25) is 0 Å². The minimum Gasteiger partial charge on any atom is -0.478 e. The minimum atomic E-state index is -0.969. The number of carbonyl (C=O) groups is 1. The lowest BCUT2D eigenvalue weighted by molar-refractivity contribution is 0.0697. The van der Waals surface area contributed by atoms with Crippen LogP contribution in [0.2, 0.25) is 0 Å². The number of carboxylic acids is 1. The Labute approximate surface area is 128 Å². The van der Waals surface area contributed by atoms with Gasteiger partial charge in [0.1, 0.15) is 0 Å². The van der Waals surface area contributed by atoms with E-state index in [1.165, 1.54) is 12.1 Å². The molecule has 0 fully saturated rings. The fourth-order valence-electron chi connectivity index (χ4n) is 1.85. The highest BCUT2D eigenvalue weighted by Crippen LogP contribution is 2.28. The monoisotopic (exact) mass is 344 g/mol. The second kappa shape index (κ2) is 5.49. The van der Waals surface area contributed by atoms with E-state index in [-0.39, 0.29) is 5.56 Å². The van der Waals surface area contributed by atoms with Gasteiger partial charge in [-0.05, 0) is 40.2 Å². The Morgan fingerprint density at radius 2 is 1.81 bits per heavy atom. The van der Waals surface area contributed by atoms with Crippen LogP contribution >= 0.6 is 15.9 Å². The van der Waals surface area contributed by atoms with Gasteiger partial charge in [0.15, 0.2) is 0 Å². The van der Waals surface area contributed by atoms with Crippen molar-refractivity contribution in [2.75, 3.05) is 0 Å². The molecule has 0 aliphatic rings. The van der Waals surface area contributed by atoms with E-state index in [9.17, 15) is 4.79 Å². The average molecular weight is 345 g/mol. The van der Waals surface area contributed by atoms with Crippen molar-refractivity contribution in [1.82, 2.24) is 10.1 Å². The number of rotatable bonds is 3. The standard InChI is InChI=1S/C15H9BrN2O3/c16-12-4-2-1-3-11(12)14-17-13(18-21-14)9-5-7-10(8-6-9)15(19)20/h1-8H,(H,19,20). The average Bonchev–Trinajstić information content (AvgIpc) is 2.97. The third-order valence-corrected chi connectivity index (χ3v) is 3.61. The van der Waals surface area contributed by atoms with Gasteiger partial charge in [-0.15, -0.1) is 0 Å². The Balaban J connectivity index is 1.95. The summed E-state index contributed by atoms with van der Waals surface area (Å²) >= 11 is 3.43. The van der Waals surface area contributed by atoms with Crippen LogP contribution in [0.4, 0.5) is 0 Å². The predicted molar refractivity (Wildman–Crippen MR) is 79.8 cm³/mol. The van der Waals surface area contributed by atoms with Gasteiger partial charge < -0.3 is 9.63 Å². The van der Waals surface area contributed by atoms with Crippen LogP contribution < -0.4 is 0 Å². The Kier molecular flexibility index (Phi) is 3.53. The fraction of sp³-hybridized carbons (Fsp3) is 0. The zero-order valence-corrected chi connectivity index (χ0v) is 12.2. The Morgan fingerprint density at radius 1 is 1.10 bits per heavy atom. The van der Waals surface area contributed by atoms with Crippen LogP contribution in [0.1, 0.15) is 10.4 Å². The van der Waals surface area contributed by atoms with E-state index in [2.05, 4.69) is 26.1 Å². The molecular formula is C15H9BrN2O3. The van der Waals surface area contributed by atoms with Crippen LogP contribution in [-0.4, -0.2) is 21.2 Å². The molecule has 3 aromatic rings. The SMILES string of the molecule is O=C(O)c1ccc(-c2noc(-c3ccccc3Br)n2)cc1. The van der Waals surface area contributed by atoms with Gasteiger partial charge in [0, 0.05) is 10.0 Å². The number of hydrogen-bond acceptors (Lipinski definition) is 4. The first kappa shape index (κ1) is 13.5. The number of carboxylic acid groups (broad SMARTS) is 1. The predicted octanol–water partition coefficient (Wildman–Crippen LogP) is 3.86. The van der Waals surface area contributed by atoms with Crippen molar-refractivity contribution in [1.29, 1.82) is 0 Å². The van der Waals surface area contributed by atoms with Gasteiger partial charge in [-0.2, -0.15) is 4.98 Å². The molecule has 0 unspecified atom stereocenters. The molecule has 1 N–H and O–H groups in total. The Morgan fingerprint density at radius 3 is 2.48 bits per heavy atom. The molecule has 0 aliphatic heterocycles. The van der Waals surface area contributed by atoms with Crippen molar-refractivity contribution in [3.8, 4) is 22.8 Å². The van der Waals surface area contributed by atoms with Crippen molar-refractivity contribution in [3.05, 3.63) is 58.6 Å². The number of halogens is 1. The molecule has 21 heavy (non-hydrogen) atoms. The van der Waals surface area contributed by atoms with Gasteiger partial charge in [-0.1, -0.05) is 29.4 Å². The summed E-state index contributed by atoms with van der Waals surface area (Å²) in [6.07, 6.45) is 0. The van der Waals surface area contributed by atoms with Crippen LogP contribution in [0.3, 0.4) is 0 Å². The Hall–Kier alpha value is -2.47. The second-order valence-electron chi connectivity index (χ2n) is 4.29. The molecule has 0 aliphatic carbocycles. The summed E-state index contributed by atoms with van der Waals surface area (Å²) in [6.45, 7) is 0. The smallest absolute Gasteiger partial charge is 0.335 e. The quantitative estimate of drug-likeness (QED) is 0.780. The summed E-state index contributed by atoms with van der Waals surface area (Å²) in [5, 5.41) is 12.8. The van der Waals surface area contributed by atoms with Crippen LogP contribution in [0, 0.1) is 0 Å². The van der Waals surface area contributed by atoms with Gasteiger partial charge >= 0.3 is 5.97 Å². The molecule has 3 rings (SSSR count). The lowest BCUT2D eigenvalue weighted by Crippen LogP contribution is -1.95. The van der Waals surface area contributed by atoms with E-state index in [0.717, 1.165) is 10.0 Å². The summed E-state index contributed by atoms with van der Waals surface area (Å²) in [4.78, 5) is 15.2. The maximum atomic E-state index is 10.8. The lowest BCUT2D eigenvalue weighted by atomic mass is 10.1. The van der Waals surface area contributed by atoms with Crippen molar-refractivity contribution in [2.45, 2.75) is 0 Å². The van der Waals surface area contributed by atoms with E-state index in [0.29, 0.717) is 17.3 Å². The van der Waals surface area contributed by atoms with Crippen molar-refractivity contribution in [3.63, 3.8) is 0 Å². The van der Waals surface area contributed by atoms with Crippen molar-refractivity contribution >= 4 is 21.9 Å². The molecule has 0 saturated heterocycles. The van der Waals surface area contributed by atoms with Gasteiger partial charge in [0.05, 0.1) is 11.1 Å². The molecule has 1 heterocycles. The Bertz CT molecular complexity index is 797. The van der Waals surface area contributed by atoms with E-state index >= 15 is 0 Å². The third kappa shape index (κ3) is 2.71. The number of nitrogens with zero attached hydrogens (tertiary/aromatic N) is 2. The van der Waals surface area contributed by atoms with Gasteiger partial charge in [0.2, 0.25) is 5.82 Å². The highest BCUT2D eigenvalue weighted by molar-refractivity contribution is 9.10. The van der Waals surface area contributed by atoms with Crippen LogP contribution in [0.15, 0.2) is 57.5 Å². The summed E-state index contributed by atoms with van der Waals surface area (Å²) in [7, 11) is 0. The second-order valence-corrected chi connectivity index (χ2v) is 5.14. The molecule has 104 valence electrons. The zero-order valence-electron chi connectivity index (χ0n) is 10.7. The topological polar surface area (TPSA) is 76.2 Å². The van der Waals surface area contributed by atoms with E-state index in [1.54, 1.807) is 12.1 Å². The molecule has 0 radical (unpaired) electrons. The zero-order chi connectivity index (χ0) is 14.8. The van der Waals surface area contributed by atoms with E-state index < -0.39 is 5.97 Å². The number of aromatic carboxylic acids is 1. The molecule has 0 atom stereocenters. The summed E-state index contributed by atoms with van der Waals surface area (Å²) in [5.41, 5.74) is 1.72. The molecule has 0 amide bonds. The van der Waals surface area contributed by atoms with Crippen molar-refractivity contribution in [2.24, 2.45) is 0 Å². The maximum Gasteiger partial charge on any atom is 0.335 e. The summed E-state index contributed by atoms with van der Waals surface area (Å²) < 4.78 is 6.12. The molecule has 1 aromatic heterocycles. The molecule has 6 heteroatoms. The summed E-state index contributed by atoms with van der Waals surface area (Å²) in [6, 6.07) is 13.9. The van der Waals surface area contributed by atoms with E-state index in [1.807, 2.05) is 24.3 Å². The molecule has 0 saturated carbocycles. The first-order chi connectivity index (χ1) is 10.1. The normalized spacial score (nSPS) is 10.5. The van der Waals surface area contributed by atoms with Crippen molar-refractivity contribution < 1.29 is 14.4 Å². The third-order valence-electron chi connectivity index (χ3n) is 2.92. The fourth-order valence-corrected chi connectivity index (χ4v) is 2.30. The largest absolute Gasteiger partial charge is 0.478 e. The molecule has 0 spiro atoms. The molecule has 2 aromatic carbocycles. The maximum absolute atomic E-state index is 10.8. The van der Waals surface area contributed by atoms with Gasteiger partial charge in [-0.25, -0.2) is 4.79 Å². The van der Waals surface area contributed by atoms with Gasteiger partial charge in [0.25, 0.3) is 5.89 Å². The molecule has 5 nitrogen and oxygen atoms in total. The lowest BCUT2D eigenvalue weighted by Gasteiger charge is -1.97. The highest BCUT2D eigenvalue weighted by atomic mass is 79.9. The number of hydrogen-bond donors (Lipinski definition) is 1. The first-order valence-corrected chi connectivity index (χ1v) is 6.87. The molecule has 0 bridgehead atoms. The highest BCUT2D eigenvalue weighted by Gasteiger charge is 2.13. The first-order valence-electron chi connectivity index (χ1n) is 6.07. The summed E-state index contributed by atoms with van der Waals surface area (Å²) in [5.74, 6) is -0.152. The molecular weight excluding hydrogens is 336 g/mol. The van der Waals surface area contributed by atoms with Crippen LogP contribution in [0.25, 0.3) is 22.8 Å². The van der Waals surface area contributed by atoms with Crippen LogP contribution in [0.5, 0.6) is 0 Å². The minimum absolute atomic E-state index is 0.216. The number of benzene rings is 2. The number of aromatic nitrogens is 2.